The Bertz CT molecular complexity index is 693. The predicted molar refractivity (Wildman–Crippen MR) is 68.8 cm³/mol. The number of hydrogen-bond acceptors (Lipinski definition) is 7. The molecule has 7 nitrogen and oxygen atoms in total. The first-order valence-corrected chi connectivity index (χ1v) is 6.26. The van der Waals surface area contributed by atoms with Gasteiger partial charge in [-0.2, -0.15) is 0 Å². The predicted octanol–water partition coefficient (Wildman–Crippen LogP) is 1.50. The molecule has 0 aliphatic rings. The molecule has 0 bridgehead atoms. The molecule has 3 aromatic heterocycles. The van der Waals surface area contributed by atoms with Crippen molar-refractivity contribution >= 4 is 11.8 Å². The second-order valence-corrected chi connectivity index (χ2v) is 4.74. The van der Waals surface area contributed by atoms with Gasteiger partial charge in [0.2, 0.25) is 11.0 Å². The number of nitrogens with two attached hydrogens (primary N) is 1. The van der Waals surface area contributed by atoms with Crippen LogP contribution in [0.3, 0.4) is 0 Å². The molecule has 0 amide bonds. The molecule has 2 N–H and O–H groups in total. The Labute approximate surface area is 112 Å². The monoisotopic (exact) mass is 274 g/mol. The largest absolute Gasteiger partial charge is 0.461 e. The van der Waals surface area contributed by atoms with Crippen LogP contribution in [0.5, 0.6) is 0 Å². The van der Waals surface area contributed by atoms with Gasteiger partial charge < -0.3 is 10.3 Å². The lowest BCUT2D eigenvalue weighted by atomic mass is 10.4. The van der Waals surface area contributed by atoms with E-state index in [1.54, 1.807) is 18.4 Å². The fourth-order valence-corrected chi connectivity index (χ4v) is 2.28. The van der Waals surface area contributed by atoms with E-state index in [1.165, 1.54) is 22.8 Å². The lowest BCUT2D eigenvalue weighted by molar-refractivity contribution is 0.574. The molecule has 0 saturated heterocycles. The van der Waals surface area contributed by atoms with Crippen LogP contribution in [-0.2, 0) is 0 Å². The summed E-state index contributed by atoms with van der Waals surface area (Å²) in [7, 11) is 0. The Balaban J connectivity index is 1.91. The highest BCUT2D eigenvalue weighted by Gasteiger charge is 2.15. The van der Waals surface area contributed by atoms with Gasteiger partial charge >= 0.3 is 0 Å². The van der Waals surface area contributed by atoms with Crippen molar-refractivity contribution in [3.63, 3.8) is 0 Å². The lowest BCUT2D eigenvalue weighted by Crippen LogP contribution is -2.11. The second-order valence-electron chi connectivity index (χ2n) is 3.75. The molecule has 8 heteroatoms. The molecule has 19 heavy (non-hydrogen) atoms. The summed E-state index contributed by atoms with van der Waals surface area (Å²) >= 11 is 1.32. The lowest BCUT2D eigenvalue weighted by Gasteiger charge is -2.01. The van der Waals surface area contributed by atoms with Crippen LogP contribution in [0, 0.1) is 6.92 Å². The number of furan rings is 1. The minimum absolute atomic E-state index is 0.471. The van der Waals surface area contributed by atoms with Gasteiger partial charge in [-0.15, -0.1) is 10.2 Å². The molecule has 0 aromatic carbocycles. The van der Waals surface area contributed by atoms with Crippen molar-refractivity contribution in [1.82, 2.24) is 24.8 Å². The highest BCUT2D eigenvalue weighted by molar-refractivity contribution is 7.99. The summed E-state index contributed by atoms with van der Waals surface area (Å²) in [6, 6.07) is 5.40. The van der Waals surface area contributed by atoms with Crippen LogP contribution in [0.1, 0.15) is 5.69 Å². The third-order valence-corrected chi connectivity index (χ3v) is 3.27. The quantitative estimate of drug-likeness (QED) is 0.571. The first-order chi connectivity index (χ1) is 9.24. The van der Waals surface area contributed by atoms with Gasteiger partial charge in [0, 0.05) is 5.69 Å². The SMILES string of the molecule is Cc1cc(Sc2nnc(-c3ccco3)n2N)ncn1. The van der Waals surface area contributed by atoms with Crippen LogP contribution in [0.25, 0.3) is 11.6 Å². The van der Waals surface area contributed by atoms with Crippen molar-refractivity contribution in [2.45, 2.75) is 17.1 Å². The molecule has 3 aromatic rings. The van der Waals surface area contributed by atoms with E-state index < -0.39 is 0 Å². The van der Waals surface area contributed by atoms with Crippen molar-refractivity contribution in [3.8, 4) is 11.6 Å². The highest BCUT2D eigenvalue weighted by atomic mass is 32.2. The third-order valence-electron chi connectivity index (χ3n) is 2.38. The van der Waals surface area contributed by atoms with Gasteiger partial charge in [-0.05, 0) is 36.9 Å². The van der Waals surface area contributed by atoms with E-state index >= 15 is 0 Å². The topological polar surface area (TPSA) is 95.7 Å². The molecule has 0 aliphatic carbocycles. The molecular formula is C11H10N6OS. The number of aromatic nitrogens is 5. The van der Waals surface area contributed by atoms with E-state index in [-0.39, 0.29) is 0 Å². The second kappa shape index (κ2) is 4.73. The van der Waals surface area contributed by atoms with Crippen LogP contribution in [0.15, 0.2) is 45.4 Å². The third kappa shape index (κ3) is 2.29. The fraction of sp³-hybridized carbons (Fsp3) is 0.0909. The molecule has 0 spiro atoms. The number of nitrogens with zero attached hydrogens (tertiary/aromatic N) is 5. The van der Waals surface area contributed by atoms with Crippen LogP contribution >= 0.6 is 11.8 Å². The first-order valence-electron chi connectivity index (χ1n) is 5.45. The minimum Gasteiger partial charge on any atom is -0.461 e. The Hall–Kier alpha value is -2.35. The zero-order valence-electron chi connectivity index (χ0n) is 10.0. The molecule has 0 atom stereocenters. The molecule has 0 fully saturated rings. The van der Waals surface area contributed by atoms with E-state index in [4.69, 9.17) is 10.3 Å². The van der Waals surface area contributed by atoms with Gasteiger partial charge in [-0.1, -0.05) is 0 Å². The van der Waals surface area contributed by atoms with Gasteiger partial charge in [0.15, 0.2) is 5.76 Å². The smallest absolute Gasteiger partial charge is 0.218 e. The van der Waals surface area contributed by atoms with Gasteiger partial charge in [0.05, 0.1) is 6.26 Å². The molecule has 3 rings (SSSR count). The van der Waals surface area contributed by atoms with Crippen molar-refractivity contribution in [1.29, 1.82) is 0 Å². The summed E-state index contributed by atoms with van der Waals surface area (Å²) in [4.78, 5) is 8.18. The van der Waals surface area contributed by atoms with E-state index in [0.29, 0.717) is 16.7 Å². The van der Waals surface area contributed by atoms with Crippen LogP contribution in [0.4, 0.5) is 0 Å². The summed E-state index contributed by atoms with van der Waals surface area (Å²) < 4.78 is 6.62. The number of nitrogen functional groups attached to an aromatic ring is 1. The zero-order valence-corrected chi connectivity index (χ0v) is 10.8. The highest BCUT2D eigenvalue weighted by Crippen LogP contribution is 2.26. The molecule has 0 aliphatic heterocycles. The van der Waals surface area contributed by atoms with Crippen molar-refractivity contribution in [2.24, 2.45) is 0 Å². The average molecular weight is 274 g/mol. The summed E-state index contributed by atoms with van der Waals surface area (Å²) in [5.74, 6) is 6.99. The average Bonchev–Trinajstić information content (AvgIpc) is 3.01. The summed E-state index contributed by atoms with van der Waals surface area (Å²) in [5, 5.41) is 9.33. The normalized spacial score (nSPS) is 10.8. The molecular weight excluding hydrogens is 264 g/mol. The molecule has 0 unspecified atom stereocenters. The van der Waals surface area contributed by atoms with Crippen LogP contribution < -0.4 is 5.84 Å². The van der Waals surface area contributed by atoms with E-state index in [0.717, 1.165) is 10.7 Å². The van der Waals surface area contributed by atoms with E-state index in [2.05, 4.69) is 20.2 Å². The Kier molecular flexibility index (Phi) is 2.92. The van der Waals surface area contributed by atoms with Gasteiger partial charge in [-0.3, -0.25) is 0 Å². The molecule has 0 radical (unpaired) electrons. The Morgan fingerprint density at radius 2 is 2.21 bits per heavy atom. The summed E-state index contributed by atoms with van der Waals surface area (Å²) in [6.07, 6.45) is 3.06. The standard InChI is InChI=1S/C11H10N6OS/c1-7-5-9(14-6-13-7)19-11-16-15-10(17(11)12)8-3-2-4-18-8/h2-6H,12H2,1H3. The van der Waals surface area contributed by atoms with Gasteiger partial charge in [0.1, 0.15) is 11.4 Å². The maximum atomic E-state index is 5.95. The van der Waals surface area contributed by atoms with Gasteiger partial charge in [-0.25, -0.2) is 14.6 Å². The Morgan fingerprint density at radius 1 is 1.32 bits per heavy atom. The van der Waals surface area contributed by atoms with Crippen molar-refractivity contribution in [3.05, 3.63) is 36.5 Å². The zero-order chi connectivity index (χ0) is 13.2. The first kappa shape index (κ1) is 11.7. The van der Waals surface area contributed by atoms with Crippen LogP contribution in [0.2, 0.25) is 0 Å². The van der Waals surface area contributed by atoms with Gasteiger partial charge in [0.25, 0.3) is 0 Å². The van der Waals surface area contributed by atoms with Crippen molar-refractivity contribution in [2.75, 3.05) is 5.84 Å². The Morgan fingerprint density at radius 3 is 2.95 bits per heavy atom. The summed E-state index contributed by atoms with van der Waals surface area (Å²) in [6.45, 7) is 1.90. The van der Waals surface area contributed by atoms with E-state index in [1.807, 2.05) is 13.0 Å². The molecule has 96 valence electrons. The number of aryl methyl sites for hydroxylation is 1. The minimum atomic E-state index is 0.471. The van der Waals surface area contributed by atoms with Crippen LogP contribution in [-0.4, -0.2) is 24.8 Å². The molecule has 3 heterocycles. The van der Waals surface area contributed by atoms with E-state index in [9.17, 15) is 0 Å². The van der Waals surface area contributed by atoms with Crippen molar-refractivity contribution < 1.29 is 4.42 Å². The fourth-order valence-electron chi connectivity index (χ4n) is 1.50. The maximum absolute atomic E-state index is 5.95. The number of hydrogen-bond donors (Lipinski definition) is 1. The summed E-state index contributed by atoms with van der Waals surface area (Å²) in [5.41, 5.74) is 0.881. The molecule has 0 saturated carbocycles. The number of rotatable bonds is 3. The maximum Gasteiger partial charge on any atom is 0.218 e.